The van der Waals surface area contributed by atoms with Crippen LogP contribution in [0.25, 0.3) is 22.5 Å². The summed E-state index contributed by atoms with van der Waals surface area (Å²) in [4.78, 5) is 4.20. The van der Waals surface area contributed by atoms with Gasteiger partial charge in [-0.1, -0.05) is 11.6 Å². The van der Waals surface area contributed by atoms with E-state index in [0.717, 1.165) is 0 Å². The number of aromatic nitrogens is 5. The zero-order valence-corrected chi connectivity index (χ0v) is 17.4. The van der Waals surface area contributed by atoms with Crippen molar-refractivity contribution in [1.82, 2.24) is 25.0 Å². The van der Waals surface area contributed by atoms with Gasteiger partial charge in [-0.3, -0.25) is 9.78 Å². The molecule has 4 heterocycles. The summed E-state index contributed by atoms with van der Waals surface area (Å²) in [6.45, 7) is 1.78. The first kappa shape index (κ1) is 19.5. The van der Waals surface area contributed by atoms with E-state index in [-0.39, 0.29) is 11.0 Å². The number of H-pyrrole nitrogens is 1. The number of halogens is 2. The average molecular weight is 441 g/mol. The van der Waals surface area contributed by atoms with Crippen LogP contribution < -0.4 is 10.5 Å². The van der Waals surface area contributed by atoms with Gasteiger partial charge in [0.05, 0.1) is 11.3 Å². The quantitative estimate of drug-likeness (QED) is 0.383. The molecule has 0 radical (unpaired) electrons. The first-order chi connectivity index (χ1) is 14.8. The Bertz CT molecular complexity index is 1320. The van der Waals surface area contributed by atoms with Crippen LogP contribution >= 0.6 is 11.6 Å². The van der Waals surface area contributed by atoms with Crippen LogP contribution in [0.1, 0.15) is 35.8 Å². The Labute approximate surface area is 181 Å². The molecule has 4 aromatic rings. The standard InChI is InChI=1S/C21H18ClFN6O2/c1-9-13-6-11(23)3-4-12(13)18-14(8-29(2)28-18)19(30)16-17(26-27-20(16)22)10-5-15(31-9)21(24)25-7-10/h3-9,19,30H,1-2H3,(H2,24,25)(H,26,27)/t9-,19+/m1/s1. The molecule has 0 saturated heterocycles. The summed E-state index contributed by atoms with van der Waals surface area (Å²) in [7, 11) is 1.74. The Morgan fingerprint density at radius 2 is 2.06 bits per heavy atom. The SMILES string of the molecule is C[C@H]1Oc2cc(cnc2N)-c2n[nH]c(Cl)c2[C@@H](O)c2cn(C)nc2-c2ccc(F)cc21. The molecule has 3 aromatic heterocycles. The number of pyridine rings is 1. The highest BCUT2D eigenvalue weighted by molar-refractivity contribution is 6.30. The summed E-state index contributed by atoms with van der Waals surface area (Å²) >= 11 is 6.37. The Balaban J connectivity index is 1.86. The average Bonchev–Trinajstić information content (AvgIpc) is 3.31. The number of aromatic amines is 1. The van der Waals surface area contributed by atoms with Crippen LogP contribution in [0.3, 0.4) is 0 Å². The van der Waals surface area contributed by atoms with Crippen LogP contribution in [-0.2, 0) is 7.05 Å². The highest BCUT2D eigenvalue weighted by Crippen LogP contribution is 2.42. The minimum absolute atomic E-state index is 0.174. The number of hydrogen-bond donors (Lipinski definition) is 3. The molecule has 0 fully saturated rings. The molecule has 2 bridgehead atoms. The number of nitrogen functional groups attached to an aromatic ring is 1. The largest absolute Gasteiger partial charge is 0.482 e. The number of benzene rings is 1. The molecule has 4 N–H and O–H groups in total. The number of nitrogens with one attached hydrogen (secondary N) is 1. The molecule has 2 atom stereocenters. The smallest absolute Gasteiger partial charge is 0.166 e. The molecule has 0 spiro atoms. The highest BCUT2D eigenvalue weighted by atomic mass is 35.5. The second-order valence-corrected chi connectivity index (χ2v) is 7.79. The number of aliphatic hydroxyl groups is 1. The normalized spacial score (nSPS) is 17.6. The lowest BCUT2D eigenvalue weighted by Gasteiger charge is -2.21. The van der Waals surface area contributed by atoms with Crippen LogP contribution in [0, 0.1) is 5.82 Å². The summed E-state index contributed by atoms with van der Waals surface area (Å²) in [6.07, 6.45) is 1.49. The van der Waals surface area contributed by atoms with E-state index in [1.165, 1.54) is 18.3 Å². The van der Waals surface area contributed by atoms with Crippen molar-refractivity contribution in [2.24, 2.45) is 7.05 Å². The number of nitrogens with two attached hydrogens (primary N) is 1. The van der Waals surface area contributed by atoms with E-state index in [1.54, 1.807) is 37.0 Å². The van der Waals surface area contributed by atoms with Crippen LogP contribution in [0.15, 0.2) is 36.7 Å². The maximum Gasteiger partial charge on any atom is 0.166 e. The molecule has 1 aliphatic heterocycles. The van der Waals surface area contributed by atoms with Crippen molar-refractivity contribution in [3.63, 3.8) is 0 Å². The molecule has 1 aliphatic rings. The topological polar surface area (TPSA) is 115 Å². The zero-order valence-electron chi connectivity index (χ0n) is 16.6. The minimum atomic E-state index is -1.15. The second-order valence-electron chi connectivity index (χ2n) is 7.41. The number of rotatable bonds is 0. The molecule has 0 saturated carbocycles. The summed E-state index contributed by atoms with van der Waals surface area (Å²) in [5.74, 6) is 0.0637. The monoisotopic (exact) mass is 440 g/mol. The lowest BCUT2D eigenvalue weighted by Crippen LogP contribution is -2.10. The van der Waals surface area contributed by atoms with Gasteiger partial charge in [0.1, 0.15) is 28.9 Å². The molecule has 5 rings (SSSR count). The van der Waals surface area contributed by atoms with E-state index < -0.39 is 18.0 Å². The van der Waals surface area contributed by atoms with Gasteiger partial charge in [0, 0.05) is 41.7 Å². The molecule has 0 aliphatic carbocycles. The Morgan fingerprint density at radius 3 is 2.87 bits per heavy atom. The number of ether oxygens (including phenoxy) is 1. The molecule has 31 heavy (non-hydrogen) atoms. The van der Waals surface area contributed by atoms with E-state index in [0.29, 0.717) is 45.0 Å². The fourth-order valence-electron chi connectivity index (χ4n) is 3.89. The van der Waals surface area contributed by atoms with Crippen molar-refractivity contribution in [3.05, 3.63) is 64.3 Å². The Hall–Kier alpha value is -3.43. The molecule has 8 nitrogen and oxygen atoms in total. The van der Waals surface area contributed by atoms with Crippen molar-refractivity contribution in [3.8, 4) is 28.3 Å². The number of aliphatic hydroxyl groups excluding tert-OH is 1. The van der Waals surface area contributed by atoms with Crippen LogP contribution in [0.2, 0.25) is 5.15 Å². The zero-order chi connectivity index (χ0) is 21.9. The van der Waals surface area contributed by atoms with Gasteiger partial charge < -0.3 is 15.6 Å². The Morgan fingerprint density at radius 1 is 1.26 bits per heavy atom. The lowest BCUT2D eigenvalue weighted by molar-refractivity contribution is 0.220. The minimum Gasteiger partial charge on any atom is -0.482 e. The van der Waals surface area contributed by atoms with Crippen molar-refractivity contribution in [2.75, 3.05) is 5.73 Å². The summed E-state index contributed by atoms with van der Waals surface area (Å²) in [6, 6.07) is 6.02. The van der Waals surface area contributed by atoms with Gasteiger partial charge in [-0.25, -0.2) is 9.37 Å². The molecule has 10 heteroatoms. The van der Waals surface area contributed by atoms with Crippen LogP contribution in [0.4, 0.5) is 10.2 Å². The first-order valence-electron chi connectivity index (χ1n) is 9.51. The molecular formula is C21H18ClFN6O2. The number of nitrogens with zero attached hydrogens (tertiary/aromatic N) is 4. The van der Waals surface area contributed by atoms with E-state index in [2.05, 4.69) is 20.3 Å². The van der Waals surface area contributed by atoms with Crippen LogP contribution in [-0.4, -0.2) is 30.1 Å². The summed E-state index contributed by atoms with van der Waals surface area (Å²) in [5, 5.41) is 23.1. The predicted molar refractivity (Wildman–Crippen MR) is 113 cm³/mol. The molecular weight excluding hydrogens is 423 g/mol. The Kier molecular flexibility index (Phi) is 4.45. The second kappa shape index (κ2) is 7.07. The third-order valence-corrected chi connectivity index (χ3v) is 5.64. The van der Waals surface area contributed by atoms with Gasteiger partial charge >= 0.3 is 0 Å². The van der Waals surface area contributed by atoms with Crippen molar-refractivity contribution < 1.29 is 14.2 Å². The predicted octanol–water partition coefficient (Wildman–Crippen LogP) is 3.78. The van der Waals surface area contributed by atoms with Gasteiger partial charge in [0.15, 0.2) is 11.6 Å². The molecule has 158 valence electrons. The van der Waals surface area contributed by atoms with Crippen LogP contribution in [0.5, 0.6) is 5.75 Å². The van der Waals surface area contributed by atoms with Gasteiger partial charge in [-0.05, 0) is 31.2 Å². The van der Waals surface area contributed by atoms with E-state index >= 15 is 0 Å². The van der Waals surface area contributed by atoms with E-state index in [4.69, 9.17) is 22.1 Å². The maximum atomic E-state index is 14.2. The van der Waals surface area contributed by atoms with Crippen molar-refractivity contribution in [1.29, 1.82) is 0 Å². The van der Waals surface area contributed by atoms with Gasteiger partial charge in [-0.2, -0.15) is 10.2 Å². The van der Waals surface area contributed by atoms with E-state index in [1.807, 2.05) is 0 Å². The van der Waals surface area contributed by atoms with Gasteiger partial charge in [-0.15, -0.1) is 0 Å². The maximum absolute atomic E-state index is 14.2. The molecule has 0 unspecified atom stereocenters. The number of hydrogen-bond acceptors (Lipinski definition) is 6. The van der Waals surface area contributed by atoms with Crippen molar-refractivity contribution >= 4 is 17.4 Å². The van der Waals surface area contributed by atoms with Gasteiger partial charge in [0.25, 0.3) is 0 Å². The number of aryl methyl sites for hydroxylation is 1. The summed E-state index contributed by atoms with van der Waals surface area (Å²) < 4.78 is 21.9. The lowest BCUT2D eigenvalue weighted by atomic mass is 9.93. The molecule has 1 aromatic carbocycles. The van der Waals surface area contributed by atoms with Crippen molar-refractivity contribution in [2.45, 2.75) is 19.1 Å². The number of anilines is 1. The third-order valence-electron chi connectivity index (χ3n) is 5.35. The summed E-state index contributed by atoms with van der Waals surface area (Å²) in [5.41, 5.74) is 9.52. The third kappa shape index (κ3) is 3.13. The van der Waals surface area contributed by atoms with E-state index in [9.17, 15) is 9.50 Å². The van der Waals surface area contributed by atoms with Gasteiger partial charge in [0.2, 0.25) is 0 Å². The fourth-order valence-corrected chi connectivity index (χ4v) is 4.12. The fraction of sp³-hybridized carbons (Fsp3) is 0.190. The highest BCUT2D eigenvalue weighted by Gasteiger charge is 2.30. The first-order valence-corrected chi connectivity index (χ1v) is 9.89. The molecule has 0 amide bonds. The number of fused-ring (bicyclic) bond motifs is 7.